The van der Waals surface area contributed by atoms with Crippen LogP contribution in [0.5, 0.6) is 0 Å². The number of hydrogen-bond donors (Lipinski definition) is 2. The topological polar surface area (TPSA) is 95.2 Å². The van der Waals surface area contributed by atoms with E-state index in [0.717, 1.165) is 25.9 Å². The van der Waals surface area contributed by atoms with Crippen molar-refractivity contribution in [3.05, 3.63) is 40.4 Å². The van der Waals surface area contributed by atoms with Crippen LogP contribution in [0, 0.1) is 0 Å². The average molecular weight is 328 g/mol. The highest BCUT2D eigenvalue weighted by molar-refractivity contribution is 6.05. The van der Waals surface area contributed by atoms with Crippen molar-refractivity contribution >= 4 is 22.7 Å². The zero-order valence-electron chi connectivity index (χ0n) is 13.4. The SMILES string of the molecule is O=C(NCCC(=O)N1CCCCC1)c1cccc2nc[nH]c(=O)c12. The van der Waals surface area contributed by atoms with Crippen LogP contribution in [0.1, 0.15) is 36.0 Å². The highest BCUT2D eigenvalue weighted by Gasteiger charge is 2.17. The Bertz CT molecular complexity index is 804. The van der Waals surface area contributed by atoms with Crippen LogP contribution in [0.25, 0.3) is 10.9 Å². The Balaban J connectivity index is 1.63. The second-order valence-electron chi connectivity index (χ2n) is 5.88. The van der Waals surface area contributed by atoms with Gasteiger partial charge in [-0.05, 0) is 31.4 Å². The number of carbonyl (C=O) groups excluding carboxylic acids is 2. The minimum Gasteiger partial charge on any atom is -0.351 e. The van der Waals surface area contributed by atoms with E-state index in [2.05, 4.69) is 15.3 Å². The molecule has 1 saturated heterocycles. The van der Waals surface area contributed by atoms with Gasteiger partial charge in [-0.15, -0.1) is 0 Å². The van der Waals surface area contributed by atoms with E-state index >= 15 is 0 Å². The number of carbonyl (C=O) groups is 2. The van der Waals surface area contributed by atoms with Gasteiger partial charge in [0.25, 0.3) is 11.5 Å². The first-order valence-corrected chi connectivity index (χ1v) is 8.19. The number of nitrogens with one attached hydrogen (secondary N) is 2. The number of aromatic nitrogens is 2. The van der Waals surface area contributed by atoms with Crippen molar-refractivity contribution in [2.75, 3.05) is 19.6 Å². The Morgan fingerprint density at radius 3 is 2.79 bits per heavy atom. The van der Waals surface area contributed by atoms with Gasteiger partial charge in [-0.3, -0.25) is 14.4 Å². The molecule has 0 radical (unpaired) electrons. The van der Waals surface area contributed by atoms with Gasteiger partial charge < -0.3 is 15.2 Å². The number of rotatable bonds is 4. The molecule has 7 nitrogen and oxygen atoms in total. The normalized spacial score (nSPS) is 14.6. The third-order valence-corrected chi connectivity index (χ3v) is 4.25. The number of likely N-dealkylation sites (tertiary alicyclic amines) is 1. The second-order valence-corrected chi connectivity index (χ2v) is 5.88. The van der Waals surface area contributed by atoms with E-state index in [1.807, 2.05) is 4.90 Å². The first kappa shape index (κ1) is 16.2. The number of nitrogens with zero attached hydrogens (tertiary/aromatic N) is 2. The van der Waals surface area contributed by atoms with Crippen molar-refractivity contribution < 1.29 is 9.59 Å². The molecule has 0 saturated carbocycles. The van der Waals surface area contributed by atoms with Gasteiger partial charge in [-0.2, -0.15) is 0 Å². The van der Waals surface area contributed by atoms with Gasteiger partial charge in [0.2, 0.25) is 5.91 Å². The maximum absolute atomic E-state index is 12.4. The summed E-state index contributed by atoms with van der Waals surface area (Å²) in [6.45, 7) is 1.86. The van der Waals surface area contributed by atoms with Crippen LogP contribution >= 0.6 is 0 Å². The summed E-state index contributed by atoms with van der Waals surface area (Å²) in [7, 11) is 0. The van der Waals surface area contributed by atoms with Crippen LogP contribution in [-0.2, 0) is 4.79 Å². The van der Waals surface area contributed by atoms with Crippen molar-refractivity contribution in [1.82, 2.24) is 20.2 Å². The molecule has 0 atom stereocenters. The number of amides is 2. The summed E-state index contributed by atoms with van der Waals surface area (Å²) < 4.78 is 0. The fraction of sp³-hybridized carbons (Fsp3) is 0.412. The fourth-order valence-corrected chi connectivity index (χ4v) is 2.99. The maximum Gasteiger partial charge on any atom is 0.259 e. The minimum atomic E-state index is -0.370. The predicted octanol–water partition coefficient (Wildman–Crippen LogP) is 1.06. The molecule has 0 spiro atoms. The smallest absolute Gasteiger partial charge is 0.259 e. The van der Waals surface area contributed by atoms with Gasteiger partial charge >= 0.3 is 0 Å². The number of benzene rings is 1. The third-order valence-electron chi connectivity index (χ3n) is 4.25. The number of aromatic amines is 1. The highest BCUT2D eigenvalue weighted by Crippen LogP contribution is 2.12. The van der Waals surface area contributed by atoms with E-state index < -0.39 is 0 Å². The molecule has 7 heteroatoms. The van der Waals surface area contributed by atoms with Crippen molar-refractivity contribution in [3.63, 3.8) is 0 Å². The van der Waals surface area contributed by atoms with Crippen LogP contribution < -0.4 is 10.9 Å². The molecule has 2 aromatic rings. The molecular weight excluding hydrogens is 308 g/mol. The summed E-state index contributed by atoms with van der Waals surface area (Å²) in [4.78, 5) is 44.8. The van der Waals surface area contributed by atoms with Gasteiger partial charge in [0.15, 0.2) is 0 Å². The molecule has 0 unspecified atom stereocenters. The van der Waals surface area contributed by atoms with E-state index in [4.69, 9.17) is 0 Å². The highest BCUT2D eigenvalue weighted by atomic mass is 16.2. The lowest BCUT2D eigenvalue weighted by molar-refractivity contribution is -0.131. The number of piperidine rings is 1. The van der Waals surface area contributed by atoms with Crippen LogP contribution in [0.4, 0.5) is 0 Å². The van der Waals surface area contributed by atoms with Crippen molar-refractivity contribution in [3.8, 4) is 0 Å². The zero-order valence-corrected chi connectivity index (χ0v) is 13.4. The zero-order chi connectivity index (χ0) is 16.9. The first-order chi connectivity index (χ1) is 11.7. The number of H-pyrrole nitrogens is 1. The molecule has 1 fully saturated rings. The molecule has 126 valence electrons. The summed E-state index contributed by atoms with van der Waals surface area (Å²) in [5.41, 5.74) is 0.387. The molecule has 1 aromatic heterocycles. The van der Waals surface area contributed by atoms with E-state index in [1.54, 1.807) is 18.2 Å². The van der Waals surface area contributed by atoms with Crippen LogP contribution in [0.3, 0.4) is 0 Å². The van der Waals surface area contributed by atoms with E-state index in [-0.39, 0.29) is 41.3 Å². The molecule has 3 rings (SSSR count). The standard InChI is InChI=1S/C17H20N4O3/c22-14(21-9-2-1-3-10-21)7-8-18-16(23)12-5-4-6-13-15(12)17(24)20-11-19-13/h4-6,11H,1-3,7-10H2,(H,18,23)(H,19,20,24). The lowest BCUT2D eigenvalue weighted by atomic mass is 10.1. The van der Waals surface area contributed by atoms with Gasteiger partial charge in [0, 0.05) is 26.1 Å². The second kappa shape index (κ2) is 7.25. The molecule has 2 amide bonds. The van der Waals surface area contributed by atoms with E-state index in [9.17, 15) is 14.4 Å². The maximum atomic E-state index is 12.4. The summed E-state index contributed by atoms with van der Waals surface area (Å²) in [6, 6.07) is 4.95. The first-order valence-electron chi connectivity index (χ1n) is 8.19. The quantitative estimate of drug-likeness (QED) is 0.877. The Kier molecular flexibility index (Phi) is 4.88. The van der Waals surface area contributed by atoms with Gasteiger partial charge in [0.1, 0.15) is 0 Å². The minimum absolute atomic E-state index is 0.0624. The van der Waals surface area contributed by atoms with Crippen molar-refractivity contribution in [2.24, 2.45) is 0 Å². The Labute approximate surface area is 139 Å². The third kappa shape index (κ3) is 3.45. The summed E-state index contributed by atoms with van der Waals surface area (Å²) in [5, 5.41) is 2.99. The fourth-order valence-electron chi connectivity index (χ4n) is 2.99. The van der Waals surface area contributed by atoms with Gasteiger partial charge in [-0.1, -0.05) is 6.07 Å². The number of hydrogen-bond acceptors (Lipinski definition) is 4. The summed E-state index contributed by atoms with van der Waals surface area (Å²) in [5.74, 6) is -0.307. The van der Waals surface area contributed by atoms with Crippen molar-refractivity contribution in [1.29, 1.82) is 0 Å². The molecule has 2 heterocycles. The van der Waals surface area contributed by atoms with Crippen LogP contribution in [0.2, 0.25) is 0 Å². The van der Waals surface area contributed by atoms with Gasteiger partial charge in [0.05, 0.1) is 22.8 Å². The summed E-state index contributed by atoms with van der Waals surface area (Å²) >= 11 is 0. The summed E-state index contributed by atoms with van der Waals surface area (Å²) in [6.07, 6.45) is 4.84. The molecule has 24 heavy (non-hydrogen) atoms. The average Bonchev–Trinajstić information content (AvgIpc) is 2.62. The lowest BCUT2D eigenvalue weighted by Crippen LogP contribution is -2.37. The van der Waals surface area contributed by atoms with Crippen LogP contribution in [0.15, 0.2) is 29.3 Å². The Morgan fingerprint density at radius 1 is 1.21 bits per heavy atom. The monoisotopic (exact) mass is 328 g/mol. The molecule has 2 N–H and O–H groups in total. The predicted molar refractivity (Wildman–Crippen MR) is 89.7 cm³/mol. The van der Waals surface area contributed by atoms with E-state index in [0.29, 0.717) is 5.52 Å². The lowest BCUT2D eigenvalue weighted by Gasteiger charge is -2.26. The molecular formula is C17H20N4O3. The largest absolute Gasteiger partial charge is 0.351 e. The van der Waals surface area contributed by atoms with Gasteiger partial charge in [-0.25, -0.2) is 4.98 Å². The Morgan fingerprint density at radius 2 is 2.00 bits per heavy atom. The molecule has 1 aliphatic rings. The molecule has 0 aliphatic carbocycles. The van der Waals surface area contributed by atoms with Crippen molar-refractivity contribution in [2.45, 2.75) is 25.7 Å². The molecule has 1 aromatic carbocycles. The Hall–Kier alpha value is -2.70. The molecule has 0 bridgehead atoms. The number of fused-ring (bicyclic) bond motifs is 1. The molecule has 1 aliphatic heterocycles. The van der Waals surface area contributed by atoms with E-state index in [1.165, 1.54) is 12.7 Å². The van der Waals surface area contributed by atoms with Crippen LogP contribution in [-0.4, -0.2) is 46.3 Å².